The Labute approximate surface area is 438 Å². The number of fused-ring (bicyclic) bond motifs is 2. The summed E-state index contributed by atoms with van der Waals surface area (Å²) >= 11 is 0. The van der Waals surface area contributed by atoms with Crippen LogP contribution in [-0.4, -0.2) is 48.2 Å². The first-order valence-corrected chi connectivity index (χ1v) is 27.2. The van der Waals surface area contributed by atoms with E-state index in [1.54, 1.807) is 47.5 Å². The second-order valence-electron chi connectivity index (χ2n) is 21.2. The van der Waals surface area contributed by atoms with Crippen molar-refractivity contribution in [2.45, 2.75) is 85.0 Å². The normalized spacial score (nSPS) is 14.9. The number of nitrogens with zero attached hydrogens (tertiary/aromatic N) is 3. The van der Waals surface area contributed by atoms with E-state index >= 15 is 0 Å². The number of carbonyl (C=O) groups is 4. The lowest BCUT2D eigenvalue weighted by molar-refractivity contribution is 0.0606. The van der Waals surface area contributed by atoms with Gasteiger partial charge in [0.25, 0.3) is 23.6 Å². The van der Waals surface area contributed by atoms with E-state index < -0.39 is 11.8 Å². The van der Waals surface area contributed by atoms with Crippen molar-refractivity contribution in [2.24, 2.45) is 0 Å². The van der Waals surface area contributed by atoms with Crippen LogP contribution in [0.4, 0.5) is 11.4 Å². The molecule has 0 bridgehead atoms. The van der Waals surface area contributed by atoms with Gasteiger partial charge in [-0.05, 0) is 171 Å². The fraction of sp³-hybridized carbons (Fsp3) is 0.235. The molecule has 0 aromatic heterocycles. The van der Waals surface area contributed by atoms with Crippen molar-refractivity contribution in [1.29, 1.82) is 0 Å². The maximum atomic E-state index is 14.2. The fourth-order valence-electron chi connectivity index (χ4n) is 13.3. The molecule has 4 aliphatic heterocycles. The highest BCUT2D eigenvalue weighted by Crippen LogP contribution is 2.50. The number of benzene rings is 9. The first-order chi connectivity index (χ1) is 36.7. The molecular weight excluding hydrogens is 923 g/mol. The number of imide groups is 2. The van der Waals surface area contributed by atoms with Gasteiger partial charge in [-0.15, -0.1) is 0 Å². The third-order valence-electron chi connectivity index (χ3n) is 17.0. The molecule has 0 N–H and O–H groups in total. The van der Waals surface area contributed by atoms with Gasteiger partial charge in [0.2, 0.25) is 0 Å². The van der Waals surface area contributed by atoms with Crippen molar-refractivity contribution in [3.8, 4) is 44.5 Å². The Hall–Kier alpha value is -8.16. The van der Waals surface area contributed by atoms with Gasteiger partial charge >= 0.3 is 0 Å². The molecule has 4 amide bonds. The molecule has 13 rings (SSSR count). The van der Waals surface area contributed by atoms with E-state index in [1.807, 2.05) is 12.1 Å². The molecule has 9 aromatic rings. The van der Waals surface area contributed by atoms with Crippen LogP contribution < -0.4 is 9.80 Å². The van der Waals surface area contributed by atoms with Crippen LogP contribution in [0.5, 0.6) is 0 Å². The number of carbonyl (C=O) groups excluding carboxylic acids is 4. The Balaban J connectivity index is 0.758. The van der Waals surface area contributed by atoms with E-state index in [0.29, 0.717) is 45.3 Å². The standard InChI is InChI=1S/C68H59N3O4/c1-4-5-6-7-8-13-40-70-65(72)55-34-36-57-63-58(37-35-56(62(55)63)66(70)73)68(75)71(67(57)74)48-32-30-46(31-33-48)44-24-22-43(23-25-44)45-26-28-47(29-27-45)60-51-16-9-11-18-53(51)61(54-19-12-10-17-52(54)60)59-41(2)49-20-14-38-69-39-15-21-50(42(59)3)64(49)69/h9-12,16-19,22-37H,4-8,13-15,20-21,38-40H2,1-3H3. The molecule has 0 unspecified atom stereocenters. The molecule has 370 valence electrons. The van der Waals surface area contributed by atoms with E-state index in [2.05, 4.69) is 123 Å². The zero-order valence-electron chi connectivity index (χ0n) is 43.0. The Morgan fingerprint density at radius 3 is 1.28 bits per heavy atom. The van der Waals surface area contributed by atoms with Gasteiger partial charge in [-0.3, -0.25) is 24.1 Å². The average molecular weight is 982 g/mol. The Kier molecular flexibility index (Phi) is 11.6. The van der Waals surface area contributed by atoms with Crippen LogP contribution in [-0.2, 0) is 12.8 Å². The van der Waals surface area contributed by atoms with Crippen LogP contribution in [0.25, 0.3) is 76.8 Å². The lowest BCUT2D eigenvalue weighted by Crippen LogP contribution is -2.43. The van der Waals surface area contributed by atoms with Crippen molar-refractivity contribution < 1.29 is 19.2 Å². The minimum atomic E-state index is -0.483. The first kappa shape index (κ1) is 46.6. The molecule has 7 nitrogen and oxygen atoms in total. The highest BCUT2D eigenvalue weighted by molar-refractivity contribution is 6.39. The lowest BCUT2D eigenvalue weighted by Gasteiger charge is -2.39. The number of hydrogen-bond donors (Lipinski definition) is 0. The van der Waals surface area contributed by atoms with Gasteiger partial charge < -0.3 is 4.90 Å². The van der Waals surface area contributed by atoms with Crippen molar-refractivity contribution in [3.63, 3.8) is 0 Å². The van der Waals surface area contributed by atoms with Gasteiger partial charge in [0.1, 0.15) is 0 Å². The van der Waals surface area contributed by atoms with Gasteiger partial charge in [0.05, 0.1) is 5.69 Å². The predicted molar refractivity (Wildman–Crippen MR) is 305 cm³/mol. The minimum absolute atomic E-state index is 0.300. The van der Waals surface area contributed by atoms with Gasteiger partial charge in [-0.25, -0.2) is 4.90 Å². The van der Waals surface area contributed by atoms with Crippen molar-refractivity contribution in [3.05, 3.63) is 190 Å². The van der Waals surface area contributed by atoms with Crippen LogP contribution in [0.1, 0.15) is 122 Å². The van der Waals surface area contributed by atoms with Gasteiger partial charge in [-0.2, -0.15) is 0 Å². The molecule has 0 saturated heterocycles. The topological polar surface area (TPSA) is 78.0 Å². The van der Waals surface area contributed by atoms with Crippen LogP contribution >= 0.6 is 0 Å². The molecule has 4 heterocycles. The molecule has 0 fully saturated rings. The third-order valence-corrected chi connectivity index (χ3v) is 17.0. The second kappa shape index (κ2) is 18.6. The monoisotopic (exact) mass is 981 g/mol. The largest absolute Gasteiger partial charge is 0.371 e. The van der Waals surface area contributed by atoms with Crippen molar-refractivity contribution >= 4 is 67.3 Å². The summed E-state index contributed by atoms with van der Waals surface area (Å²) in [6.07, 6.45) is 11.0. The number of hydrogen-bond acceptors (Lipinski definition) is 5. The molecule has 7 heteroatoms. The summed E-state index contributed by atoms with van der Waals surface area (Å²) in [5.41, 5.74) is 18.7. The van der Waals surface area contributed by atoms with E-state index in [-0.39, 0.29) is 11.8 Å². The van der Waals surface area contributed by atoms with Crippen LogP contribution in [0, 0.1) is 13.8 Å². The third kappa shape index (κ3) is 7.45. The molecule has 0 spiro atoms. The highest BCUT2D eigenvalue weighted by atomic mass is 16.2. The number of rotatable bonds is 12. The van der Waals surface area contributed by atoms with Crippen LogP contribution in [0.3, 0.4) is 0 Å². The quantitative estimate of drug-likeness (QED) is 0.0692. The van der Waals surface area contributed by atoms with E-state index in [1.165, 1.54) is 103 Å². The predicted octanol–water partition coefficient (Wildman–Crippen LogP) is 15.9. The van der Waals surface area contributed by atoms with E-state index in [9.17, 15) is 19.2 Å². The zero-order chi connectivity index (χ0) is 51.1. The first-order valence-electron chi connectivity index (χ1n) is 27.2. The summed E-state index contributed by atoms with van der Waals surface area (Å²) in [7, 11) is 0. The summed E-state index contributed by atoms with van der Waals surface area (Å²) in [6.45, 7) is 9.61. The summed E-state index contributed by atoms with van der Waals surface area (Å²) in [4.78, 5) is 61.2. The molecule has 9 aromatic carbocycles. The SMILES string of the molecule is CCCCCCCCN1C(=O)c2ccc3c4c(ccc(c24)C1=O)C(=O)N(c1ccc(-c2ccc(-c4ccc(-c5c6ccccc6c(-c6c(C)c7c8c(c6C)CCCN8CCC7)c6ccccc56)cc4)cc2)cc1)C3=O. The van der Waals surface area contributed by atoms with Crippen molar-refractivity contribution in [2.75, 3.05) is 29.4 Å². The van der Waals surface area contributed by atoms with Crippen molar-refractivity contribution in [1.82, 2.24) is 4.90 Å². The molecule has 0 aliphatic carbocycles. The zero-order valence-corrected chi connectivity index (χ0v) is 43.0. The summed E-state index contributed by atoms with van der Waals surface area (Å²) in [6, 6.07) is 49.5. The molecule has 0 radical (unpaired) electrons. The average Bonchev–Trinajstić information content (AvgIpc) is 3.52. The minimum Gasteiger partial charge on any atom is -0.371 e. The van der Waals surface area contributed by atoms with E-state index in [0.717, 1.165) is 67.2 Å². The second-order valence-corrected chi connectivity index (χ2v) is 21.2. The fourth-order valence-corrected chi connectivity index (χ4v) is 13.3. The number of unbranched alkanes of at least 4 members (excludes halogenated alkanes) is 5. The van der Waals surface area contributed by atoms with E-state index in [4.69, 9.17) is 0 Å². The number of amides is 4. The summed E-state index contributed by atoms with van der Waals surface area (Å²) in [5, 5.41) is 5.90. The Bertz CT molecular complexity index is 3710. The lowest BCUT2D eigenvalue weighted by atomic mass is 9.78. The maximum Gasteiger partial charge on any atom is 0.265 e. The smallest absolute Gasteiger partial charge is 0.265 e. The highest BCUT2D eigenvalue weighted by Gasteiger charge is 2.40. The Morgan fingerprint density at radius 1 is 0.413 bits per heavy atom. The molecule has 75 heavy (non-hydrogen) atoms. The van der Waals surface area contributed by atoms with Crippen LogP contribution in [0.15, 0.2) is 146 Å². The summed E-state index contributed by atoms with van der Waals surface area (Å²) < 4.78 is 0. The van der Waals surface area contributed by atoms with Gasteiger partial charge in [0.15, 0.2) is 0 Å². The van der Waals surface area contributed by atoms with Gasteiger partial charge in [-0.1, -0.05) is 148 Å². The molecule has 0 atom stereocenters. The molecule has 4 aliphatic rings. The summed E-state index contributed by atoms with van der Waals surface area (Å²) in [5.74, 6) is -1.72. The molecular formula is C68H59N3O4. The number of anilines is 2. The van der Waals surface area contributed by atoms with Gasteiger partial charge in [0, 0.05) is 58.3 Å². The van der Waals surface area contributed by atoms with Crippen LogP contribution in [0.2, 0.25) is 0 Å². The maximum absolute atomic E-state index is 14.2. The molecule has 0 saturated carbocycles. The Morgan fingerprint density at radius 2 is 0.813 bits per heavy atom.